The van der Waals surface area contributed by atoms with Gasteiger partial charge in [-0.15, -0.1) is 0 Å². The Balaban J connectivity index is 1.29. The number of hydrogen-bond acceptors (Lipinski definition) is 5. The molecule has 1 fully saturated rings. The summed E-state index contributed by atoms with van der Waals surface area (Å²) < 4.78 is 32.6. The van der Waals surface area contributed by atoms with Gasteiger partial charge in [0.1, 0.15) is 6.04 Å². The molecule has 1 spiro atoms. The Labute approximate surface area is 246 Å². The quantitative estimate of drug-likeness (QED) is 0.373. The Morgan fingerprint density at radius 3 is 2.42 bits per heavy atom. The van der Waals surface area contributed by atoms with Gasteiger partial charge < -0.3 is 9.64 Å². The number of halogens is 2. The minimum atomic E-state index is -3.40. The number of hydrogen-bond donors (Lipinski definition) is 1. The van der Waals surface area contributed by atoms with Crippen LogP contribution in [0.2, 0.25) is 10.0 Å². The van der Waals surface area contributed by atoms with Crippen LogP contribution in [0.5, 0.6) is 0 Å². The topological polar surface area (TPSA) is 79.0 Å². The van der Waals surface area contributed by atoms with Crippen molar-refractivity contribution in [3.05, 3.63) is 99.5 Å². The Morgan fingerprint density at radius 2 is 1.70 bits per heavy atom. The van der Waals surface area contributed by atoms with Crippen molar-refractivity contribution in [1.82, 2.24) is 10.2 Å². The first-order valence-electron chi connectivity index (χ1n) is 13.3. The van der Waals surface area contributed by atoms with Crippen LogP contribution in [0.1, 0.15) is 29.5 Å². The summed E-state index contributed by atoms with van der Waals surface area (Å²) in [6.45, 7) is 2.41. The molecule has 10 heteroatoms. The molecule has 3 aromatic rings. The molecule has 0 aromatic heterocycles. The van der Waals surface area contributed by atoms with E-state index in [4.69, 9.17) is 27.9 Å². The summed E-state index contributed by atoms with van der Waals surface area (Å²) in [6.07, 6.45) is 2.61. The summed E-state index contributed by atoms with van der Waals surface area (Å²) in [5, 5.41) is 4.27. The van der Waals surface area contributed by atoms with Crippen molar-refractivity contribution in [2.45, 2.75) is 37.5 Å². The Bertz CT molecular complexity index is 1460. The molecular formula is C30H33Cl2N3O4S. The second-order valence-electron chi connectivity index (χ2n) is 10.5. The van der Waals surface area contributed by atoms with Crippen LogP contribution in [0.15, 0.2) is 72.8 Å². The molecule has 5 rings (SSSR count). The van der Waals surface area contributed by atoms with Gasteiger partial charge in [-0.3, -0.25) is 14.4 Å². The molecule has 1 N–H and O–H groups in total. The van der Waals surface area contributed by atoms with Crippen LogP contribution >= 0.6 is 23.2 Å². The molecule has 2 heterocycles. The van der Waals surface area contributed by atoms with Gasteiger partial charge in [0.05, 0.1) is 35.2 Å². The van der Waals surface area contributed by atoms with Gasteiger partial charge in [0.2, 0.25) is 15.9 Å². The highest BCUT2D eigenvalue weighted by Crippen LogP contribution is 2.47. The number of piperidine rings is 1. The van der Waals surface area contributed by atoms with Crippen LogP contribution in [0.4, 0.5) is 5.69 Å². The first-order valence-corrected chi connectivity index (χ1v) is 15.9. The number of nitrogens with zero attached hydrogens (tertiary/aromatic N) is 2. The fourth-order valence-corrected chi connectivity index (χ4v) is 7.07. The number of rotatable bonds is 9. The van der Waals surface area contributed by atoms with Gasteiger partial charge in [0.25, 0.3) is 0 Å². The molecule has 1 atom stereocenters. The van der Waals surface area contributed by atoms with E-state index in [1.807, 2.05) is 71.6 Å². The monoisotopic (exact) mass is 601 g/mol. The number of benzene rings is 3. The highest BCUT2D eigenvalue weighted by atomic mass is 35.5. The lowest BCUT2D eigenvalue weighted by Crippen LogP contribution is -2.54. The summed E-state index contributed by atoms with van der Waals surface area (Å²) >= 11 is 12.6. The van der Waals surface area contributed by atoms with Gasteiger partial charge in [-0.25, -0.2) is 8.42 Å². The Hall–Kier alpha value is -2.62. The van der Waals surface area contributed by atoms with E-state index >= 15 is 0 Å². The third-order valence-electron chi connectivity index (χ3n) is 7.89. The number of fused-ring (bicyclic) bond motifs is 2. The van der Waals surface area contributed by atoms with E-state index in [0.29, 0.717) is 55.7 Å². The van der Waals surface area contributed by atoms with E-state index in [1.54, 1.807) is 6.07 Å². The fourth-order valence-electron chi connectivity index (χ4n) is 5.69. The third kappa shape index (κ3) is 6.16. The smallest absolute Gasteiger partial charge is 0.242 e. The lowest BCUT2D eigenvalue weighted by Gasteiger charge is -2.41. The Morgan fingerprint density at radius 1 is 1.00 bits per heavy atom. The predicted molar refractivity (Wildman–Crippen MR) is 159 cm³/mol. The van der Waals surface area contributed by atoms with Crippen LogP contribution in [0.3, 0.4) is 0 Å². The lowest BCUT2D eigenvalue weighted by molar-refractivity contribution is -0.136. The molecule has 2 aliphatic rings. The number of amides is 1. The highest BCUT2D eigenvalue weighted by molar-refractivity contribution is 7.92. The minimum absolute atomic E-state index is 0.0488. The number of sulfonamides is 1. The average Bonchev–Trinajstić information content (AvgIpc) is 3.28. The molecule has 0 bridgehead atoms. The van der Waals surface area contributed by atoms with E-state index in [9.17, 15) is 13.2 Å². The first-order chi connectivity index (χ1) is 19.2. The van der Waals surface area contributed by atoms with Crippen molar-refractivity contribution < 1.29 is 17.9 Å². The Kier molecular flexibility index (Phi) is 8.73. The third-order valence-corrected chi connectivity index (χ3v) is 9.87. The molecule has 2 aliphatic heterocycles. The minimum Gasteiger partial charge on any atom is -0.375 e. The molecule has 212 valence electrons. The molecule has 0 radical (unpaired) electrons. The number of ether oxygens (including phenoxy) is 1. The van der Waals surface area contributed by atoms with Gasteiger partial charge in [0.15, 0.2) is 0 Å². The van der Waals surface area contributed by atoms with Crippen LogP contribution in [0.25, 0.3) is 0 Å². The second kappa shape index (κ2) is 12.1. The summed E-state index contributed by atoms with van der Waals surface area (Å²) in [5.41, 5.74) is 3.32. The van der Waals surface area contributed by atoms with E-state index in [-0.39, 0.29) is 17.9 Å². The van der Waals surface area contributed by atoms with E-state index in [0.717, 1.165) is 22.4 Å². The number of carbonyl (C=O) groups is 1. The normalized spacial score (nSPS) is 17.2. The van der Waals surface area contributed by atoms with E-state index in [2.05, 4.69) is 5.32 Å². The number of likely N-dealkylation sites (tertiary alicyclic amines) is 1. The van der Waals surface area contributed by atoms with Crippen molar-refractivity contribution in [1.29, 1.82) is 0 Å². The van der Waals surface area contributed by atoms with Crippen molar-refractivity contribution in [2.24, 2.45) is 0 Å². The number of para-hydroxylation sites is 1. The maximum Gasteiger partial charge on any atom is 0.242 e. The maximum absolute atomic E-state index is 13.8. The van der Waals surface area contributed by atoms with Gasteiger partial charge in [-0.1, -0.05) is 83.9 Å². The van der Waals surface area contributed by atoms with Crippen LogP contribution in [-0.4, -0.2) is 57.8 Å². The molecule has 40 heavy (non-hydrogen) atoms. The average molecular weight is 603 g/mol. The molecule has 1 amide bonds. The summed E-state index contributed by atoms with van der Waals surface area (Å²) in [7, 11) is -3.40. The summed E-state index contributed by atoms with van der Waals surface area (Å²) in [5.74, 6) is -0.0488. The molecular weight excluding hydrogens is 569 g/mol. The van der Waals surface area contributed by atoms with Crippen molar-refractivity contribution in [3.63, 3.8) is 0 Å². The van der Waals surface area contributed by atoms with Crippen LogP contribution in [0, 0.1) is 0 Å². The highest BCUT2D eigenvalue weighted by Gasteiger charge is 2.47. The van der Waals surface area contributed by atoms with Gasteiger partial charge in [0, 0.05) is 31.6 Å². The number of anilines is 1. The largest absolute Gasteiger partial charge is 0.375 e. The standard InChI is InChI=1S/C30H33Cl2N3O4S/c1-40(37,38)35-21-30(24-11-5-6-13-27(24)35)14-16-34(17-15-30)29(36)26(20-39-19-22-8-3-2-4-9-22)33-18-23-10-7-12-25(31)28(23)32/h2-13,26,33H,14-21H2,1H3. The predicted octanol–water partition coefficient (Wildman–Crippen LogP) is 5.01. The van der Waals surface area contributed by atoms with E-state index in [1.165, 1.54) is 10.6 Å². The molecule has 1 unspecified atom stereocenters. The molecule has 7 nitrogen and oxygen atoms in total. The summed E-state index contributed by atoms with van der Waals surface area (Å²) in [4.78, 5) is 15.7. The van der Waals surface area contributed by atoms with Crippen LogP contribution in [-0.2, 0) is 38.1 Å². The van der Waals surface area contributed by atoms with Crippen LogP contribution < -0.4 is 9.62 Å². The maximum atomic E-state index is 13.8. The van der Waals surface area contributed by atoms with Crippen molar-refractivity contribution in [2.75, 3.05) is 36.8 Å². The fraction of sp³-hybridized carbons (Fsp3) is 0.367. The summed E-state index contributed by atoms with van der Waals surface area (Å²) in [6, 6.07) is 22.4. The second-order valence-corrected chi connectivity index (χ2v) is 13.2. The van der Waals surface area contributed by atoms with E-state index < -0.39 is 16.1 Å². The molecule has 0 saturated carbocycles. The lowest BCUT2D eigenvalue weighted by atomic mass is 9.74. The number of carbonyl (C=O) groups excluding carboxylic acids is 1. The zero-order valence-corrected chi connectivity index (χ0v) is 24.7. The van der Waals surface area contributed by atoms with Gasteiger partial charge in [-0.2, -0.15) is 0 Å². The van der Waals surface area contributed by atoms with Crippen molar-refractivity contribution in [3.8, 4) is 0 Å². The van der Waals surface area contributed by atoms with Gasteiger partial charge in [-0.05, 0) is 41.7 Å². The zero-order valence-electron chi connectivity index (χ0n) is 22.4. The van der Waals surface area contributed by atoms with Gasteiger partial charge >= 0.3 is 0 Å². The number of nitrogens with one attached hydrogen (secondary N) is 1. The molecule has 1 saturated heterocycles. The van der Waals surface area contributed by atoms with Crippen molar-refractivity contribution >= 4 is 44.8 Å². The zero-order chi connectivity index (χ0) is 28.3. The molecule has 0 aliphatic carbocycles. The molecule has 3 aromatic carbocycles. The first kappa shape index (κ1) is 28.9. The SMILES string of the molecule is CS(=O)(=O)N1CC2(CCN(C(=O)C(COCc3ccccc3)NCc3cccc(Cl)c3Cl)CC2)c2ccccc21.